The van der Waals surface area contributed by atoms with Gasteiger partial charge in [-0.15, -0.1) is 5.10 Å². The maximum absolute atomic E-state index is 13.4. The molecule has 4 aromatic rings. The second-order valence-electron chi connectivity index (χ2n) is 10.1. The fourth-order valence-electron chi connectivity index (χ4n) is 5.30. The third-order valence-corrected chi connectivity index (χ3v) is 7.34. The van der Waals surface area contributed by atoms with Crippen molar-refractivity contribution in [1.82, 2.24) is 34.4 Å². The summed E-state index contributed by atoms with van der Waals surface area (Å²) in [5, 5.41) is 12.6. The Kier molecular flexibility index (Phi) is 6.11. The number of hydrogen-bond acceptors (Lipinski definition) is 8. The van der Waals surface area contributed by atoms with Crippen molar-refractivity contribution in [1.29, 1.82) is 0 Å². The van der Waals surface area contributed by atoms with Crippen LogP contribution in [-0.4, -0.2) is 61.2 Å². The minimum Gasteiger partial charge on any atom is -0.488 e. The van der Waals surface area contributed by atoms with Crippen molar-refractivity contribution in [2.24, 2.45) is 7.05 Å². The summed E-state index contributed by atoms with van der Waals surface area (Å²) >= 11 is 0. The van der Waals surface area contributed by atoms with Crippen LogP contribution in [0.3, 0.4) is 0 Å². The monoisotopic (exact) mass is 500 g/mol. The topological polar surface area (TPSA) is 103 Å². The zero-order chi connectivity index (χ0) is 25.5. The molecule has 4 heterocycles. The van der Waals surface area contributed by atoms with Crippen molar-refractivity contribution in [2.75, 3.05) is 32.1 Å². The second kappa shape index (κ2) is 9.59. The number of likely N-dealkylation sites (tertiary alicyclic amines) is 1. The number of rotatable bonds is 8. The summed E-state index contributed by atoms with van der Waals surface area (Å²) in [6.45, 7) is 4.76. The number of pyridine rings is 1. The molecule has 0 radical (unpaired) electrons. The summed E-state index contributed by atoms with van der Waals surface area (Å²) in [5.41, 5.74) is 4.42. The lowest BCUT2D eigenvalue weighted by atomic mass is 9.98. The number of likely N-dealkylation sites (N-methyl/N-ethyl adjacent to an activating group) is 1. The normalized spacial score (nSPS) is 18.0. The lowest BCUT2D eigenvalue weighted by molar-refractivity contribution is 0.333. The number of aromatic nitrogens is 6. The molecule has 1 aliphatic carbocycles. The van der Waals surface area contributed by atoms with Crippen molar-refractivity contribution in [3.63, 3.8) is 0 Å². The standard InChI is InChI=1S/C27H32N8O2/c1-4-37-23-13-20-14-28-27(29-21-9-7-17(8-10-21)19-11-12-33(2)15-19)30-25(20)35(26(23)36)16-22-24(18-5-6-18)34(3)32-31-22/h7-10,13-14,18-19H,4-6,11-12,15-16H2,1-3H3,(H,28,29,30). The molecule has 10 nitrogen and oxygen atoms in total. The van der Waals surface area contributed by atoms with Crippen LogP contribution in [0.15, 0.2) is 41.3 Å². The van der Waals surface area contributed by atoms with E-state index in [0.29, 0.717) is 30.0 Å². The number of anilines is 2. The number of ether oxygens (including phenoxy) is 1. The number of benzene rings is 1. The SMILES string of the molecule is CCOc1cc2cnc(Nc3ccc(C4CCN(C)C4)cc3)nc2n(Cc2nnn(C)c2C2CC2)c1=O. The molecule has 2 fully saturated rings. The molecule has 1 atom stereocenters. The van der Waals surface area contributed by atoms with Crippen LogP contribution in [0, 0.1) is 0 Å². The number of nitrogens with zero attached hydrogens (tertiary/aromatic N) is 7. The fourth-order valence-corrected chi connectivity index (χ4v) is 5.30. The van der Waals surface area contributed by atoms with Crippen molar-refractivity contribution >= 4 is 22.7 Å². The Morgan fingerprint density at radius 2 is 1.92 bits per heavy atom. The van der Waals surface area contributed by atoms with E-state index in [2.05, 4.69) is 56.8 Å². The highest BCUT2D eigenvalue weighted by Gasteiger charge is 2.31. The zero-order valence-corrected chi connectivity index (χ0v) is 21.5. The molecule has 2 aliphatic rings. The first kappa shape index (κ1) is 23.6. The molecule has 1 saturated heterocycles. The highest BCUT2D eigenvalue weighted by Crippen LogP contribution is 2.41. The summed E-state index contributed by atoms with van der Waals surface area (Å²) in [7, 11) is 4.07. The Morgan fingerprint density at radius 3 is 2.62 bits per heavy atom. The second-order valence-corrected chi connectivity index (χ2v) is 10.1. The van der Waals surface area contributed by atoms with Gasteiger partial charge in [-0.05, 0) is 69.5 Å². The van der Waals surface area contributed by atoms with Gasteiger partial charge in [0.1, 0.15) is 11.3 Å². The van der Waals surface area contributed by atoms with Gasteiger partial charge in [0.15, 0.2) is 5.75 Å². The number of hydrogen-bond donors (Lipinski definition) is 1. The molecular formula is C27H32N8O2. The largest absolute Gasteiger partial charge is 0.488 e. The predicted molar refractivity (Wildman–Crippen MR) is 142 cm³/mol. The Morgan fingerprint density at radius 1 is 1.11 bits per heavy atom. The van der Waals surface area contributed by atoms with Gasteiger partial charge in [0.25, 0.3) is 5.56 Å². The minimum atomic E-state index is -0.239. The van der Waals surface area contributed by atoms with Gasteiger partial charge in [0, 0.05) is 36.8 Å². The zero-order valence-electron chi connectivity index (χ0n) is 21.5. The molecule has 1 saturated carbocycles. The number of nitrogens with one attached hydrogen (secondary N) is 1. The molecule has 6 rings (SSSR count). The van der Waals surface area contributed by atoms with Crippen LogP contribution in [0.2, 0.25) is 0 Å². The van der Waals surface area contributed by atoms with Gasteiger partial charge in [-0.1, -0.05) is 17.3 Å². The van der Waals surface area contributed by atoms with Crippen LogP contribution in [0.4, 0.5) is 11.6 Å². The predicted octanol–water partition coefficient (Wildman–Crippen LogP) is 3.41. The van der Waals surface area contributed by atoms with Gasteiger partial charge in [0.05, 0.1) is 18.8 Å². The lowest BCUT2D eigenvalue weighted by Crippen LogP contribution is -2.24. The van der Waals surface area contributed by atoms with Crippen molar-refractivity contribution in [2.45, 2.75) is 44.6 Å². The molecule has 192 valence electrons. The fraction of sp³-hybridized carbons (Fsp3) is 0.444. The Labute approximate surface area is 215 Å². The van der Waals surface area contributed by atoms with Crippen LogP contribution < -0.4 is 15.6 Å². The van der Waals surface area contributed by atoms with Gasteiger partial charge in [-0.2, -0.15) is 4.98 Å². The number of fused-ring (bicyclic) bond motifs is 1. The minimum absolute atomic E-state index is 0.239. The highest BCUT2D eigenvalue weighted by atomic mass is 16.5. The Balaban J connectivity index is 1.33. The van der Waals surface area contributed by atoms with Crippen LogP contribution in [0.5, 0.6) is 5.75 Å². The molecule has 37 heavy (non-hydrogen) atoms. The van der Waals surface area contributed by atoms with Gasteiger partial charge in [0.2, 0.25) is 5.95 Å². The summed E-state index contributed by atoms with van der Waals surface area (Å²) < 4.78 is 9.10. The maximum atomic E-state index is 13.4. The van der Waals surface area contributed by atoms with Crippen molar-refractivity contribution in [3.05, 3.63) is 63.8 Å². The van der Waals surface area contributed by atoms with Crippen molar-refractivity contribution in [3.8, 4) is 5.75 Å². The van der Waals surface area contributed by atoms with E-state index in [0.717, 1.165) is 48.4 Å². The van der Waals surface area contributed by atoms with Gasteiger partial charge >= 0.3 is 0 Å². The van der Waals surface area contributed by atoms with E-state index < -0.39 is 0 Å². The lowest BCUT2D eigenvalue weighted by Gasteiger charge is -2.14. The molecule has 3 aromatic heterocycles. The first-order valence-corrected chi connectivity index (χ1v) is 13.0. The molecule has 0 amide bonds. The van der Waals surface area contributed by atoms with E-state index >= 15 is 0 Å². The van der Waals surface area contributed by atoms with Crippen LogP contribution in [-0.2, 0) is 13.6 Å². The maximum Gasteiger partial charge on any atom is 0.294 e. The van der Waals surface area contributed by atoms with E-state index in [-0.39, 0.29) is 17.9 Å². The molecular weight excluding hydrogens is 468 g/mol. The summed E-state index contributed by atoms with van der Waals surface area (Å²) in [5.74, 6) is 1.74. The molecule has 1 aliphatic heterocycles. The average molecular weight is 501 g/mol. The molecule has 1 unspecified atom stereocenters. The molecule has 1 N–H and O–H groups in total. The first-order chi connectivity index (χ1) is 18.0. The number of aryl methyl sites for hydroxylation is 1. The molecule has 0 bridgehead atoms. The molecule has 0 spiro atoms. The highest BCUT2D eigenvalue weighted by molar-refractivity contribution is 5.77. The smallest absolute Gasteiger partial charge is 0.294 e. The molecule has 1 aromatic carbocycles. The van der Waals surface area contributed by atoms with Crippen LogP contribution >= 0.6 is 0 Å². The van der Waals surface area contributed by atoms with E-state index in [1.165, 1.54) is 12.0 Å². The summed E-state index contributed by atoms with van der Waals surface area (Å²) in [6, 6.07) is 10.2. The Bertz CT molecular complexity index is 1490. The summed E-state index contributed by atoms with van der Waals surface area (Å²) in [4.78, 5) is 25.1. The van der Waals surface area contributed by atoms with Gasteiger partial charge < -0.3 is 15.0 Å². The Hall–Kier alpha value is -3.79. The van der Waals surface area contributed by atoms with E-state index in [4.69, 9.17) is 9.72 Å². The third kappa shape index (κ3) is 4.69. The van der Waals surface area contributed by atoms with E-state index in [9.17, 15) is 4.79 Å². The van der Waals surface area contributed by atoms with E-state index in [1.54, 1.807) is 16.8 Å². The average Bonchev–Trinajstić information content (AvgIpc) is 3.53. The van der Waals surface area contributed by atoms with E-state index in [1.807, 2.05) is 18.7 Å². The van der Waals surface area contributed by atoms with Gasteiger partial charge in [-0.3, -0.25) is 14.0 Å². The van der Waals surface area contributed by atoms with Crippen molar-refractivity contribution < 1.29 is 4.74 Å². The van der Waals surface area contributed by atoms with Gasteiger partial charge in [-0.25, -0.2) is 4.98 Å². The molecule has 10 heteroatoms. The van der Waals surface area contributed by atoms with Crippen LogP contribution in [0.25, 0.3) is 11.0 Å². The third-order valence-electron chi connectivity index (χ3n) is 7.34. The van der Waals surface area contributed by atoms with Crippen LogP contribution in [0.1, 0.15) is 55.0 Å². The summed E-state index contributed by atoms with van der Waals surface area (Å²) in [6.07, 6.45) is 5.15. The quantitative estimate of drug-likeness (QED) is 0.393. The first-order valence-electron chi connectivity index (χ1n) is 13.0.